The highest BCUT2D eigenvalue weighted by atomic mass is 16.9. The fraction of sp³-hybridized carbons (Fsp3) is 0.536. The minimum Gasteiger partial charge on any atom is -0.506 e. The Balaban J connectivity index is 1.53. The van der Waals surface area contributed by atoms with Crippen molar-refractivity contribution in [3.8, 4) is 17.2 Å². The molecule has 4 aliphatic heterocycles. The average Bonchev–Trinajstić information content (AvgIpc) is 3.57. The first-order valence-electron chi connectivity index (χ1n) is 12.8. The van der Waals surface area contributed by atoms with Crippen molar-refractivity contribution in [2.45, 2.75) is 61.9 Å². The lowest BCUT2D eigenvalue weighted by molar-refractivity contribution is -0.349. The van der Waals surface area contributed by atoms with Gasteiger partial charge < -0.3 is 43.0 Å². The molecular formula is C28H30O10. The molecule has 2 bridgehead atoms. The van der Waals surface area contributed by atoms with Crippen molar-refractivity contribution in [3.63, 3.8) is 0 Å². The van der Waals surface area contributed by atoms with Gasteiger partial charge in [0, 0.05) is 37.2 Å². The van der Waals surface area contributed by atoms with Crippen molar-refractivity contribution in [1.29, 1.82) is 0 Å². The highest BCUT2D eigenvalue weighted by Gasteiger charge is 2.93. The van der Waals surface area contributed by atoms with Crippen molar-refractivity contribution < 1.29 is 47.8 Å². The summed E-state index contributed by atoms with van der Waals surface area (Å²) in [5.41, 5.74) is 1.31. The van der Waals surface area contributed by atoms with Crippen LogP contribution in [0.5, 0.6) is 17.2 Å². The maximum atomic E-state index is 13.0. The Kier molecular flexibility index (Phi) is 5.06. The molecule has 2 aromatic carbocycles. The van der Waals surface area contributed by atoms with E-state index in [0.717, 1.165) is 5.56 Å². The first kappa shape index (κ1) is 24.3. The van der Waals surface area contributed by atoms with Gasteiger partial charge in [-0.05, 0) is 31.4 Å². The Morgan fingerprint density at radius 3 is 2.66 bits per heavy atom. The van der Waals surface area contributed by atoms with Crippen LogP contribution in [0.1, 0.15) is 46.0 Å². The molecule has 202 valence electrons. The molecule has 2 aromatic rings. The van der Waals surface area contributed by atoms with Crippen LogP contribution in [0.4, 0.5) is 0 Å². The van der Waals surface area contributed by atoms with E-state index in [1.165, 1.54) is 14.2 Å². The van der Waals surface area contributed by atoms with Gasteiger partial charge in [-0.3, -0.25) is 4.79 Å². The van der Waals surface area contributed by atoms with Crippen LogP contribution in [0.15, 0.2) is 18.7 Å². The maximum absolute atomic E-state index is 13.0. The number of hydrogen-bond acceptors (Lipinski definition) is 10. The molecule has 0 saturated carbocycles. The second-order valence-corrected chi connectivity index (χ2v) is 10.4. The molecule has 10 heteroatoms. The largest absolute Gasteiger partial charge is 0.506 e. The molecular weight excluding hydrogens is 496 g/mol. The van der Waals surface area contributed by atoms with Crippen LogP contribution in [0.2, 0.25) is 0 Å². The Labute approximate surface area is 219 Å². The third kappa shape index (κ3) is 2.56. The van der Waals surface area contributed by atoms with Gasteiger partial charge in [-0.15, -0.1) is 6.58 Å². The van der Waals surface area contributed by atoms with Gasteiger partial charge in [0.05, 0.1) is 31.3 Å². The lowest BCUT2D eigenvalue weighted by Gasteiger charge is -2.49. The molecule has 38 heavy (non-hydrogen) atoms. The Bertz CT molecular complexity index is 1390. The third-order valence-electron chi connectivity index (χ3n) is 8.64. The molecule has 5 atom stereocenters. The van der Waals surface area contributed by atoms with Gasteiger partial charge in [0.15, 0.2) is 11.9 Å². The zero-order chi connectivity index (χ0) is 26.6. The van der Waals surface area contributed by atoms with E-state index in [1.54, 1.807) is 13.2 Å². The molecule has 0 radical (unpaired) electrons. The van der Waals surface area contributed by atoms with E-state index >= 15 is 0 Å². The zero-order valence-electron chi connectivity index (χ0n) is 21.8. The standard InChI is InChI=1S/C28H30O10/c1-6-10-34-27-24-23(37-28(38-24,25(32-4)33-5)26(27)12-35-26)17-13(2)11-15-19(22(17)36-27)20(30)18-14(21(15)31-3)8-7-9-16(18)29/h6,11,23-25,30H,1,7-10,12H2,2-5H3/t23-,24-,26-,27-,28?/m0/s1. The van der Waals surface area contributed by atoms with E-state index in [9.17, 15) is 9.90 Å². The van der Waals surface area contributed by atoms with Gasteiger partial charge in [0.2, 0.25) is 11.9 Å². The van der Waals surface area contributed by atoms with Crippen molar-refractivity contribution in [3.05, 3.63) is 41.0 Å². The summed E-state index contributed by atoms with van der Waals surface area (Å²) in [6.07, 6.45) is 0.976. The predicted octanol–water partition coefficient (Wildman–Crippen LogP) is 3.23. The average molecular weight is 527 g/mol. The molecule has 0 aromatic heterocycles. The smallest absolute Gasteiger partial charge is 0.277 e. The van der Waals surface area contributed by atoms with Crippen LogP contribution in [-0.4, -0.2) is 75.0 Å². The van der Waals surface area contributed by atoms with E-state index < -0.39 is 35.7 Å². The quantitative estimate of drug-likeness (QED) is 0.328. The summed E-state index contributed by atoms with van der Waals surface area (Å²) >= 11 is 0. The van der Waals surface area contributed by atoms with E-state index in [2.05, 4.69) is 6.58 Å². The number of hydrogen-bond donors (Lipinski definition) is 1. The summed E-state index contributed by atoms with van der Waals surface area (Å²) in [5, 5.41) is 12.7. The second kappa shape index (κ2) is 7.91. The summed E-state index contributed by atoms with van der Waals surface area (Å²) in [6, 6.07) is 1.93. The van der Waals surface area contributed by atoms with Crippen molar-refractivity contribution in [2.24, 2.45) is 0 Å². The number of carbonyl (C=O) groups excluding carboxylic acids is 1. The van der Waals surface area contributed by atoms with Crippen LogP contribution >= 0.6 is 0 Å². The number of benzene rings is 2. The van der Waals surface area contributed by atoms with Crippen LogP contribution in [-0.2, 0) is 34.8 Å². The normalized spacial score (nSPS) is 34.0. The number of Topliss-reactive ketones (excluding diaryl/α,β-unsaturated/α-hetero) is 1. The van der Waals surface area contributed by atoms with Crippen LogP contribution < -0.4 is 9.47 Å². The predicted molar refractivity (Wildman–Crippen MR) is 132 cm³/mol. The molecule has 1 aliphatic carbocycles. The van der Waals surface area contributed by atoms with Gasteiger partial charge >= 0.3 is 0 Å². The number of carbonyl (C=O) groups is 1. The monoisotopic (exact) mass is 526 g/mol. The molecule has 5 aliphatic rings. The number of phenolic OH excluding ortho intramolecular Hbond substituents is 1. The van der Waals surface area contributed by atoms with Gasteiger partial charge in [-0.25, -0.2) is 0 Å². The van der Waals surface area contributed by atoms with Crippen molar-refractivity contribution >= 4 is 16.6 Å². The highest BCUT2D eigenvalue weighted by Crippen LogP contribution is 2.72. The fourth-order valence-corrected chi connectivity index (χ4v) is 7.11. The maximum Gasteiger partial charge on any atom is 0.277 e. The van der Waals surface area contributed by atoms with E-state index in [1.807, 2.05) is 13.0 Å². The van der Waals surface area contributed by atoms with Gasteiger partial charge in [-0.2, -0.15) is 0 Å². The minimum atomic E-state index is -1.47. The number of ether oxygens (including phenoxy) is 8. The molecule has 1 spiro atoms. The number of aryl methyl sites for hydroxylation is 1. The van der Waals surface area contributed by atoms with Gasteiger partial charge in [0.1, 0.15) is 23.4 Å². The van der Waals surface area contributed by atoms with Crippen molar-refractivity contribution in [1.82, 2.24) is 0 Å². The van der Waals surface area contributed by atoms with Crippen LogP contribution in [0.25, 0.3) is 10.8 Å². The number of methoxy groups -OCH3 is 3. The van der Waals surface area contributed by atoms with Crippen LogP contribution in [0, 0.1) is 6.92 Å². The zero-order valence-corrected chi connectivity index (χ0v) is 21.8. The molecule has 1 N–H and O–H groups in total. The molecule has 4 heterocycles. The van der Waals surface area contributed by atoms with E-state index in [0.29, 0.717) is 52.7 Å². The Morgan fingerprint density at radius 2 is 2.00 bits per heavy atom. The second-order valence-electron chi connectivity index (χ2n) is 10.4. The molecule has 3 fully saturated rings. The highest BCUT2D eigenvalue weighted by molar-refractivity contribution is 6.11. The Hall–Kier alpha value is -2.73. The summed E-state index contributed by atoms with van der Waals surface area (Å²) in [5.74, 6) is -2.28. The topological polar surface area (TPSA) is 114 Å². The lowest BCUT2D eigenvalue weighted by Crippen LogP contribution is -2.70. The molecule has 7 rings (SSSR count). The van der Waals surface area contributed by atoms with E-state index in [4.69, 9.17) is 37.9 Å². The fourth-order valence-electron chi connectivity index (χ4n) is 7.11. The number of aromatic hydroxyl groups is 1. The van der Waals surface area contributed by atoms with Crippen molar-refractivity contribution in [2.75, 3.05) is 34.5 Å². The van der Waals surface area contributed by atoms with Crippen LogP contribution in [0.3, 0.4) is 0 Å². The first-order chi connectivity index (χ1) is 18.3. The number of ketones is 1. The summed E-state index contributed by atoms with van der Waals surface area (Å²) in [4.78, 5) is 13.0. The number of epoxide rings is 1. The van der Waals surface area contributed by atoms with Gasteiger partial charge in [0.25, 0.3) is 11.6 Å². The Morgan fingerprint density at radius 1 is 1.24 bits per heavy atom. The number of phenols is 1. The SMILES string of the molecule is C=CCO[C@]12Oc3c(c(C)cc4c(OC)c5c(c(O)c34)C(=O)CCC5)[C@@H]3OC(C(OC)OC)(O[C@@H]31)[C@]21CO1. The minimum absolute atomic E-state index is 0.127. The molecule has 3 saturated heterocycles. The molecule has 0 amide bonds. The molecule has 10 nitrogen and oxygen atoms in total. The summed E-state index contributed by atoms with van der Waals surface area (Å²) in [7, 11) is 4.58. The number of fused-ring (bicyclic) bond motifs is 8. The first-order valence-corrected chi connectivity index (χ1v) is 12.8. The van der Waals surface area contributed by atoms with E-state index in [-0.39, 0.29) is 30.3 Å². The van der Waals surface area contributed by atoms with Gasteiger partial charge in [-0.1, -0.05) is 6.08 Å². The summed E-state index contributed by atoms with van der Waals surface area (Å²) in [6.45, 7) is 6.09. The number of rotatable bonds is 7. The summed E-state index contributed by atoms with van der Waals surface area (Å²) < 4.78 is 49.6. The lowest BCUT2D eigenvalue weighted by atomic mass is 9.78. The molecule has 1 unspecified atom stereocenters. The third-order valence-corrected chi connectivity index (χ3v) is 8.64.